The highest BCUT2D eigenvalue weighted by Gasteiger charge is 2.26. The third kappa shape index (κ3) is 5.36. The largest absolute Gasteiger partial charge is 0.469 e. The maximum Gasteiger partial charge on any atom is 0.308 e. The van der Waals surface area contributed by atoms with Crippen molar-refractivity contribution >= 4 is 35.9 Å². The molecule has 1 saturated heterocycles. The molecule has 1 N–H and O–H groups in total. The Morgan fingerprint density at radius 2 is 2.17 bits per heavy atom. The van der Waals surface area contributed by atoms with Crippen LogP contribution in [0, 0.1) is 5.92 Å². The lowest BCUT2D eigenvalue weighted by Crippen LogP contribution is -2.46. The number of nitrogens with one attached hydrogen (secondary N) is 1. The molecular formula is C15H26IN5O2. The first-order chi connectivity index (χ1) is 10.7. The van der Waals surface area contributed by atoms with Gasteiger partial charge in [-0.2, -0.15) is 5.10 Å². The van der Waals surface area contributed by atoms with Gasteiger partial charge in [-0.1, -0.05) is 0 Å². The monoisotopic (exact) mass is 435 g/mol. The number of carbonyl (C=O) groups is 1. The van der Waals surface area contributed by atoms with E-state index in [2.05, 4.69) is 27.2 Å². The second kappa shape index (κ2) is 9.74. The Balaban J connectivity index is 0.00000264. The number of aryl methyl sites for hydroxylation is 1. The van der Waals surface area contributed by atoms with Gasteiger partial charge in [-0.05, 0) is 25.8 Å². The first-order valence-corrected chi connectivity index (χ1v) is 7.73. The van der Waals surface area contributed by atoms with Crippen LogP contribution in [0.25, 0.3) is 0 Å². The van der Waals surface area contributed by atoms with Crippen molar-refractivity contribution in [1.82, 2.24) is 20.0 Å². The van der Waals surface area contributed by atoms with E-state index in [0.717, 1.165) is 44.1 Å². The zero-order valence-corrected chi connectivity index (χ0v) is 16.3. The molecule has 0 radical (unpaired) electrons. The van der Waals surface area contributed by atoms with E-state index in [1.807, 2.05) is 17.8 Å². The first kappa shape index (κ1) is 19.7. The number of rotatable bonds is 4. The van der Waals surface area contributed by atoms with Gasteiger partial charge in [-0.3, -0.25) is 9.48 Å². The number of hydrogen-bond donors (Lipinski definition) is 1. The summed E-state index contributed by atoms with van der Waals surface area (Å²) in [5.41, 5.74) is 1.07. The quantitative estimate of drug-likeness (QED) is 0.335. The Morgan fingerprint density at radius 3 is 2.70 bits per heavy atom. The number of likely N-dealkylation sites (tertiary alicyclic amines) is 1. The molecule has 1 fully saturated rings. The second-order valence-electron chi connectivity index (χ2n) is 5.40. The number of piperidine rings is 1. The molecule has 0 saturated carbocycles. The molecule has 0 aromatic carbocycles. The van der Waals surface area contributed by atoms with E-state index in [1.54, 1.807) is 6.20 Å². The van der Waals surface area contributed by atoms with Crippen LogP contribution in [0.5, 0.6) is 0 Å². The summed E-state index contributed by atoms with van der Waals surface area (Å²) in [6, 6.07) is 1.97. The van der Waals surface area contributed by atoms with Crippen molar-refractivity contribution in [3.63, 3.8) is 0 Å². The van der Waals surface area contributed by atoms with Crippen molar-refractivity contribution in [3.05, 3.63) is 18.0 Å². The van der Waals surface area contributed by atoms with Gasteiger partial charge in [0.1, 0.15) is 0 Å². The molecule has 2 rings (SSSR count). The Labute approximate surface area is 154 Å². The number of ether oxygens (including phenoxy) is 1. The van der Waals surface area contributed by atoms with E-state index in [1.165, 1.54) is 7.11 Å². The summed E-state index contributed by atoms with van der Waals surface area (Å²) in [6.07, 6.45) is 3.39. The predicted octanol–water partition coefficient (Wildman–Crippen LogP) is 1.39. The number of aliphatic imine (C=N–C) groups is 1. The number of carbonyl (C=O) groups excluding carboxylic acids is 1. The zero-order valence-electron chi connectivity index (χ0n) is 14.0. The van der Waals surface area contributed by atoms with Crippen LogP contribution in [0.2, 0.25) is 0 Å². The highest BCUT2D eigenvalue weighted by Crippen LogP contribution is 2.18. The standard InChI is InChI=1S/C15H25N5O2.HI/c1-4-16-15(17-11-13-5-8-18-19(13)2)20-9-6-12(7-10-20)14(21)22-3;/h5,8,12H,4,6-7,9-11H2,1-3H3,(H,16,17);1H. The number of esters is 1. The number of nitrogens with zero attached hydrogens (tertiary/aromatic N) is 4. The average molecular weight is 435 g/mol. The molecule has 7 nitrogen and oxygen atoms in total. The summed E-state index contributed by atoms with van der Waals surface area (Å²) in [4.78, 5) is 18.5. The van der Waals surface area contributed by atoms with Crippen molar-refractivity contribution in [2.24, 2.45) is 18.0 Å². The maximum atomic E-state index is 11.6. The van der Waals surface area contributed by atoms with Crippen molar-refractivity contribution in [3.8, 4) is 0 Å². The second-order valence-corrected chi connectivity index (χ2v) is 5.40. The maximum absolute atomic E-state index is 11.6. The van der Waals surface area contributed by atoms with Gasteiger partial charge < -0.3 is 15.0 Å². The van der Waals surface area contributed by atoms with E-state index in [9.17, 15) is 4.79 Å². The minimum Gasteiger partial charge on any atom is -0.469 e. The van der Waals surface area contributed by atoms with Crippen LogP contribution in [0.1, 0.15) is 25.5 Å². The van der Waals surface area contributed by atoms with Crippen molar-refractivity contribution in [2.75, 3.05) is 26.7 Å². The molecule has 1 aromatic heterocycles. The van der Waals surface area contributed by atoms with Crippen LogP contribution >= 0.6 is 24.0 Å². The fraction of sp³-hybridized carbons (Fsp3) is 0.667. The summed E-state index contributed by atoms with van der Waals surface area (Å²) >= 11 is 0. The Kier molecular flexibility index (Phi) is 8.35. The highest BCUT2D eigenvalue weighted by molar-refractivity contribution is 14.0. The molecule has 2 heterocycles. The van der Waals surface area contributed by atoms with E-state index in [4.69, 9.17) is 4.74 Å². The molecule has 1 aromatic rings. The van der Waals surface area contributed by atoms with Crippen LogP contribution < -0.4 is 5.32 Å². The van der Waals surface area contributed by atoms with Crippen LogP contribution in [0.3, 0.4) is 0 Å². The summed E-state index contributed by atoms with van der Waals surface area (Å²) in [6.45, 7) is 5.10. The van der Waals surface area contributed by atoms with Crippen molar-refractivity contribution < 1.29 is 9.53 Å². The number of hydrogen-bond acceptors (Lipinski definition) is 4. The lowest BCUT2D eigenvalue weighted by molar-refractivity contribution is -0.146. The third-order valence-corrected chi connectivity index (χ3v) is 3.98. The molecule has 130 valence electrons. The van der Waals surface area contributed by atoms with Crippen LogP contribution in [-0.2, 0) is 23.1 Å². The van der Waals surface area contributed by atoms with Gasteiger partial charge in [0.2, 0.25) is 0 Å². The SMILES string of the molecule is CCNC(=NCc1ccnn1C)N1CCC(C(=O)OC)CC1.I. The average Bonchev–Trinajstić information content (AvgIpc) is 2.96. The van der Waals surface area contributed by atoms with Gasteiger partial charge >= 0.3 is 5.97 Å². The fourth-order valence-corrected chi connectivity index (χ4v) is 2.63. The number of guanidine groups is 1. The normalized spacial score (nSPS) is 16.0. The van der Waals surface area contributed by atoms with E-state index in [0.29, 0.717) is 6.54 Å². The van der Waals surface area contributed by atoms with Crippen LogP contribution in [-0.4, -0.2) is 53.4 Å². The lowest BCUT2D eigenvalue weighted by atomic mass is 9.97. The van der Waals surface area contributed by atoms with Crippen molar-refractivity contribution in [2.45, 2.75) is 26.3 Å². The molecule has 0 unspecified atom stereocenters. The Morgan fingerprint density at radius 1 is 1.48 bits per heavy atom. The Hall–Kier alpha value is -1.32. The van der Waals surface area contributed by atoms with Gasteiger partial charge in [-0.15, -0.1) is 24.0 Å². The summed E-state index contributed by atoms with van der Waals surface area (Å²) in [5, 5.41) is 7.48. The fourth-order valence-electron chi connectivity index (χ4n) is 2.63. The molecule has 23 heavy (non-hydrogen) atoms. The number of methoxy groups -OCH3 is 1. The minimum atomic E-state index is -0.100. The van der Waals surface area contributed by atoms with E-state index >= 15 is 0 Å². The van der Waals surface area contributed by atoms with Gasteiger partial charge in [0.05, 0.1) is 25.3 Å². The van der Waals surface area contributed by atoms with Gasteiger partial charge in [0, 0.05) is 32.9 Å². The Bertz CT molecular complexity index is 524. The summed E-state index contributed by atoms with van der Waals surface area (Å²) < 4.78 is 6.66. The minimum absolute atomic E-state index is 0. The molecule has 0 atom stereocenters. The van der Waals surface area contributed by atoms with Crippen molar-refractivity contribution in [1.29, 1.82) is 0 Å². The zero-order chi connectivity index (χ0) is 15.9. The first-order valence-electron chi connectivity index (χ1n) is 7.73. The highest BCUT2D eigenvalue weighted by atomic mass is 127. The van der Waals surface area contributed by atoms with Crippen LogP contribution in [0.4, 0.5) is 0 Å². The topological polar surface area (TPSA) is 71.8 Å². The smallest absolute Gasteiger partial charge is 0.308 e. The van der Waals surface area contributed by atoms with E-state index < -0.39 is 0 Å². The lowest BCUT2D eigenvalue weighted by Gasteiger charge is -2.33. The van der Waals surface area contributed by atoms with E-state index in [-0.39, 0.29) is 35.9 Å². The molecule has 8 heteroatoms. The van der Waals surface area contributed by atoms with Crippen LogP contribution in [0.15, 0.2) is 17.3 Å². The molecule has 0 amide bonds. The molecule has 1 aliphatic heterocycles. The summed E-state index contributed by atoms with van der Waals surface area (Å²) in [5.74, 6) is 0.810. The van der Waals surface area contributed by atoms with Gasteiger partial charge in [-0.25, -0.2) is 4.99 Å². The summed E-state index contributed by atoms with van der Waals surface area (Å²) in [7, 11) is 3.37. The number of halogens is 1. The van der Waals surface area contributed by atoms with Gasteiger partial charge in [0.25, 0.3) is 0 Å². The third-order valence-electron chi connectivity index (χ3n) is 3.98. The predicted molar refractivity (Wildman–Crippen MR) is 99.8 cm³/mol. The number of aromatic nitrogens is 2. The molecule has 0 spiro atoms. The van der Waals surface area contributed by atoms with Gasteiger partial charge in [0.15, 0.2) is 5.96 Å². The molecule has 0 bridgehead atoms. The molecule has 1 aliphatic rings. The molecular weight excluding hydrogens is 409 g/mol. The molecule has 0 aliphatic carbocycles.